The fourth-order valence-electron chi connectivity index (χ4n) is 1.79. The van der Waals surface area contributed by atoms with Crippen molar-refractivity contribution < 1.29 is 22.1 Å². The summed E-state index contributed by atoms with van der Waals surface area (Å²) in [5.74, 6) is -0.354. The summed E-state index contributed by atoms with van der Waals surface area (Å²) in [7, 11) is -3.42. The number of anilines is 1. The lowest BCUT2D eigenvalue weighted by Crippen LogP contribution is -2.27. The average molecular weight is 315 g/mol. The molecule has 0 bridgehead atoms. The lowest BCUT2D eigenvalue weighted by atomic mass is 10.2. The highest BCUT2D eigenvalue weighted by Crippen LogP contribution is 2.15. The molecule has 118 valence electrons. The van der Waals surface area contributed by atoms with Crippen LogP contribution in [-0.4, -0.2) is 46.9 Å². The molecule has 0 unspecified atom stereocenters. The van der Waals surface area contributed by atoms with Gasteiger partial charge in [-0.3, -0.25) is 4.18 Å². The summed E-state index contributed by atoms with van der Waals surface area (Å²) in [6.45, 7) is 5.29. The maximum atomic E-state index is 11.6. The Balaban J connectivity index is 2.67. The van der Waals surface area contributed by atoms with Crippen molar-refractivity contribution >= 4 is 21.8 Å². The first kappa shape index (κ1) is 17.5. The van der Waals surface area contributed by atoms with Crippen molar-refractivity contribution in [2.75, 3.05) is 37.5 Å². The molecule has 21 heavy (non-hydrogen) atoms. The maximum absolute atomic E-state index is 11.6. The molecule has 6 nitrogen and oxygen atoms in total. The Morgan fingerprint density at radius 2 is 1.81 bits per heavy atom. The van der Waals surface area contributed by atoms with Crippen molar-refractivity contribution in [2.45, 2.75) is 13.8 Å². The van der Waals surface area contributed by atoms with Crippen LogP contribution in [0.4, 0.5) is 5.69 Å². The Morgan fingerprint density at radius 3 is 2.29 bits per heavy atom. The minimum Gasteiger partial charge on any atom is -0.462 e. The number of hydrogen-bond donors (Lipinski definition) is 0. The second kappa shape index (κ2) is 7.99. The van der Waals surface area contributed by atoms with Crippen LogP contribution in [0.25, 0.3) is 0 Å². The predicted molar refractivity (Wildman–Crippen MR) is 81.1 cm³/mol. The van der Waals surface area contributed by atoms with E-state index in [-0.39, 0.29) is 12.6 Å². The zero-order chi connectivity index (χ0) is 15.9. The van der Waals surface area contributed by atoms with Crippen molar-refractivity contribution in [1.29, 1.82) is 0 Å². The molecule has 0 aliphatic rings. The second-order valence-electron chi connectivity index (χ2n) is 4.37. The Bertz CT molecular complexity index is 553. The van der Waals surface area contributed by atoms with E-state index in [2.05, 4.69) is 0 Å². The first-order valence-corrected chi connectivity index (χ1v) is 8.55. The van der Waals surface area contributed by atoms with Crippen molar-refractivity contribution in [3.63, 3.8) is 0 Å². The van der Waals surface area contributed by atoms with E-state index in [0.29, 0.717) is 25.3 Å². The fourth-order valence-corrected chi connectivity index (χ4v) is 2.17. The summed E-state index contributed by atoms with van der Waals surface area (Å²) in [6, 6.07) is 6.98. The van der Waals surface area contributed by atoms with E-state index < -0.39 is 10.1 Å². The van der Waals surface area contributed by atoms with Gasteiger partial charge in [-0.05, 0) is 38.1 Å². The SMILES string of the molecule is CCOC(=O)c1ccc(N(CC)CCOS(C)(=O)=O)cc1. The normalized spacial score (nSPS) is 11.2. The topological polar surface area (TPSA) is 72.9 Å². The van der Waals surface area contributed by atoms with Crippen molar-refractivity contribution in [1.82, 2.24) is 0 Å². The van der Waals surface area contributed by atoms with Crippen LogP contribution in [0.5, 0.6) is 0 Å². The monoisotopic (exact) mass is 315 g/mol. The molecule has 0 atom stereocenters. The number of carbonyl (C=O) groups is 1. The lowest BCUT2D eigenvalue weighted by Gasteiger charge is -2.22. The molecule has 7 heteroatoms. The predicted octanol–water partition coefficient (Wildman–Crippen LogP) is 1.67. The van der Waals surface area contributed by atoms with Crippen LogP contribution in [-0.2, 0) is 19.0 Å². The summed E-state index contributed by atoms with van der Waals surface area (Å²) in [5.41, 5.74) is 1.38. The van der Waals surface area contributed by atoms with E-state index in [9.17, 15) is 13.2 Å². The quantitative estimate of drug-likeness (QED) is 0.537. The first-order chi connectivity index (χ1) is 9.87. The van der Waals surface area contributed by atoms with Crippen molar-refractivity contribution in [2.24, 2.45) is 0 Å². The van der Waals surface area contributed by atoms with Gasteiger partial charge in [0.2, 0.25) is 0 Å². The number of nitrogens with zero attached hydrogens (tertiary/aromatic N) is 1. The van der Waals surface area contributed by atoms with E-state index in [1.165, 1.54) is 0 Å². The van der Waals surface area contributed by atoms with Crippen LogP contribution in [0.1, 0.15) is 24.2 Å². The number of ether oxygens (including phenoxy) is 1. The van der Waals surface area contributed by atoms with Gasteiger partial charge >= 0.3 is 5.97 Å². The van der Waals surface area contributed by atoms with E-state index in [4.69, 9.17) is 8.92 Å². The molecule has 0 saturated carbocycles. The number of rotatable bonds is 8. The highest BCUT2D eigenvalue weighted by atomic mass is 32.2. The third-order valence-corrected chi connectivity index (χ3v) is 3.38. The van der Waals surface area contributed by atoms with E-state index in [1.807, 2.05) is 11.8 Å². The average Bonchev–Trinajstić information content (AvgIpc) is 2.43. The first-order valence-electron chi connectivity index (χ1n) is 6.74. The molecule has 0 aliphatic carbocycles. The molecule has 0 fully saturated rings. The third-order valence-electron chi connectivity index (χ3n) is 2.78. The fraction of sp³-hybridized carbons (Fsp3) is 0.500. The van der Waals surface area contributed by atoms with E-state index in [0.717, 1.165) is 11.9 Å². The van der Waals surface area contributed by atoms with Crippen LogP contribution >= 0.6 is 0 Å². The number of likely N-dealkylation sites (N-methyl/N-ethyl adjacent to an activating group) is 1. The van der Waals surface area contributed by atoms with Crippen LogP contribution < -0.4 is 4.90 Å². The molecule has 0 N–H and O–H groups in total. The second-order valence-corrected chi connectivity index (χ2v) is 6.02. The molecule has 0 amide bonds. The van der Waals surface area contributed by atoms with Gasteiger partial charge in [0.25, 0.3) is 10.1 Å². The largest absolute Gasteiger partial charge is 0.462 e. The standard InChI is InChI=1S/C14H21NO5S/c1-4-15(10-11-20-21(3,17)18)13-8-6-12(7-9-13)14(16)19-5-2/h6-9H,4-5,10-11H2,1-3H3. The van der Waals surface area contributed by atoms with Crippen molar-refractivity contribution in [3.8, 4) is 0 Å². The summed E-state index contributed by atoms with van der Waals surface area (Å²) in [5, 5.41) is 0. The highest BCUT2D eigenvalue weighted by molar-refractivity contribution is 7.85. The Morgan fingerprint density at radius 1 is 1.19 bits per heavy atom. The zero-order valence-corrected chi connectivity index (χ0v) is 13.4. The van der Waals surface area contributed by atoms with E-state index in [1.54, 1.807) is 31.2 Å². The molecule has 0 aromatic heterocycles. The molecule has 0 aliphatic heterocycles. The van der Waals surface area contributed by atoms with Gasteiger partial charge in [0.1, 0.15) is 0 Å². The summed E-state index contributed by atoms with van der Waals surface area (Å²) < 4.78 is 31.5. The lowest BCUT2D eigenvalue weighted by molar-refractivity contribution is 0.0526. The molecule has 1 rings (SSSR count). The molecule has 0 spiro atoms. The molecular weight excluding hydrogens is 294 g/mol. The van der Waals surface area contributed by atoms with Crippen LogP contribution in [0.3, 0.4) is 0 Å². The van der Waals surface area contributed by atoms with Gasteiger partial charge in [-0.2, -0.15) is 8.42 Å². The van der Waals surface area contributed by atoms with Gasteiger partial charge < -0.3 is 9.64 Å². The van der Waals surface area contributed by atoms with E-state index >= 15 is 0 Å². The number of carbonyl (C=O) groups excluding carboxylic acids is 1. The smallest absolute Gasteiger partial charge is 0.338 e. The van der Waals surface area contributed by atoms with Gasteiger partial charge in [0.05, 0.1) is 25.0 Å². The third kappa shape index (κ3) is 6.14. The molecule has 1 aromatic rings. The Kier molecular flexibility index (Phi) is 6.64. The molecule has 0 saturated heterocycles. The summed E-state index contributed by atoms with van der Waals surface area (Å²) in [4.78, 5) is 13.5. The van der Waals surface area contributed by atoms with Crippen LogP contribution in [0.15, 0.2) is 24.3 Å². The zero-order valence-electron chi connectivity index (χ0n) is 12.5. The number of hydrogen-bond acceptors (Lipinski definition) is 6. The van der Waals surface area contributed by atoms with Gasteiger partial charge in [-0.1, -0.05) is 0 Å². The maximum Gasteiger partial charge on any atom is 0.338 e. The van der Waals surface area contributed by atoms with Crippen molar-refractivity contribution in [3.05, 3.63) is 29.8 Å². The van der Waals surface area contributed by atoms with Gasteiger partial charge in [-0.25, -0.2) is 4.79 Å². The number of benzene rings is 1. The van der Waals surface area contributed by atoms with Crippen LogP contribution in [0, 0.1) is 0 Å². The summed E-state index contributed by atoms with van der Waals surface area (Å²) in [6.07, 6.45) is 1.03. The molecule has 0 heterocycles. The molecular formula is C14H21NO5S. The minimum atomic E-state index is -3.42. The minimum absolute atomic E-state index is 0.0896. The van der Waals surface area contributed by atoms with Gasteiger partial charge in [-0.15, -0.1) is 0 Å². The van der Waals surface area contributed by atoms with Gasteiger partial charge in [0.15, 0.2) is 0 Å². The molecule has 1 aromatic carbocycles. The number of esters is 1. The summed E-state index contributed by atoms with van der Waals surface area (Å²) >= 11 is 0. The Hall–Kier alpha value is -1.60. The van der Waals surface area contributed by atoms with Gasteiger partial charge in [0, 0.05) is 18.8 Å². The van der Waals surface area contributed by atoms with Crippen LogP contribution in [0.2, 0.25) is 0 Å². The Labute approximate surface area is 125 Å². The highest BCUT2D eigenvalue weighted by Gasteiger charge is 2.09. The molecule has 0 radical (unpaired) electrons.